The normalized spacial score (nSPS) is 10.8. The topological polar surface area (TPSA) is 128 Å². The Labute approximate surface area is 137 Å². The maximum Gasteiger partial charge on any atom is 0.249 e. The lowest BCUT2D eigenvalue weighted by molar-refractivity contribution is -0.134. The number of unbranched alkanes of at least 4 members (excludes halogenated alkanes) is 1. The number of aromatic nitrogens is 1. The molecular weight excluding hydrogens is 316 g/mol. The summed E-state index contributed by atoms with van der Waals surface area (Å²) >= 11 is 1.64. The van der Waals surface area contributed by atoms with E-state index in [1.165, 1.54) is 0 Å². The quantitative estimate of drug-likeness (QED) is 0.478. The van der Waals surface area contributed by atoms with E-state index < -0.39 is 23.8 Å². The van der Waals surface area contributed by atoms with E-state index in [9.17, 15) is 14.4 Å². The number of fused-ring (bicyclic) bond motifs is 1. The number of thiazole rings is 1. The number of hydrogen-bond acceptors (Lipinski definition) is 5. The van der Waals surface area contributed by atoms with Crippen LogP contribution in [0.3, 0.4) is 0 Å². The molecule has 0 aliphatic carbocycles. The zero-order chi connectivity index (χ0) is 16.8. The van der Waals surface area contributed by atoms with E-state index in [0.717, 1.165) is 28.1 Å². The molecule has 122 valence electrons. The molecule has 0 unspecified atom stereocenters. The second-order valence-electron chi connectivity index (χ2n) is 5.09. The van der Waals surface area contributed by atoms with Gasteiger partial charge >= 0.3 is 0 Å². The summed E-state index contributed by atoms with van der Waals surface area (Å²) in [4.78, 5) is 38.1. The van der Waals surface area contributed by atoms with Crippen molar-refractivity contribution in [3.63, 3.8) is 0 Å². The second kappa shape index (κ2) is 7.68. The van der Waals surface area contributed by atoms with Crippen LogP contribution < -0.4 is 16.8 Å². The highest BCUT2D eigenvalue weighted by Gasteiger charge is 2.23. The minimum Gasteiger partial charge on any atom is -0.367 e. The van der Waals surface area contributed by atoms with Gasteiger partial charge in [-0.1, -0.05) is 12.1 Å². The Hall–Kier alpha value is -2.48. The van der Waals surface area contributed by atoms with Crippen molar-refractivity contribution in [1.29, 1.82) is 0 Å². The summed E-state index contributed by atoms with van der Waals surface area (Å²) in [6.07, 6.45) is 2.38. The fraction of sp³-hybridized carbons (Fsp3) is 0.333. The standard InChI is InChI=1S/C15H18N4O3S/c16-14(21)13(15(17)22)19-11(20)7-3-4-8-12-18-9-5-1-2-6-10(9)23-12/h1-2,5-6,13H,3-4,7-8H2,(H2,16,21)(H2,17,22)(H,19,20). The van der Waals surface area contributed by atoms with Gasteiger partial charge in [0.05, 0.1) is 15.2 Å². The van der Waals surface area contributed by atoms with Crippen LogP contribution in [0.1, 0.15) is 24.3 Å². The largest absolute Gasteiger partial charge is 0.367 e. The summed E-state index contributed by atoms with van der Waals surface area (Å²) in [5, 5.41) is 3.26. The third kappa shape index (κ3) is 4.75. The van der Waals surface area contributed by atoms with E-state index >= 15 is 0 Å². The van der Waals surface area contributed by atoms with Crippen LogP contribution in [0.5, 0.6) is 0 Å². The number of aryl methyl sites for hydroxylation is 1. The molecule has 0 saturated carbocycles. The van der Waals surface area contributed by atoms with Crippen LogP contribution in [0.15, 0.2) is 24.3 Å². The highest BCUT2D eigenvalue weighted by Crippen LogP contribution is 2.22. The van der Waals surface area contributed by atoms with Crippen LogP contribution in [-0.4, -0.2) is 28.7 Å². The zero-order valence-corrected chi connectivity index (χ0v) is 13.3. The fourth-order valence-electron chi connectivity index (χ4n) is 2.10. The molecule has 3 amide bonds. The molecule has 1 aromatic carbocycles. The number of para-hydroxylation sites is 1. The minimum atomic E-state index is -1.45. The predicted octanol–water partition coefficient (Wildman–Crippen LogP) is 0.464. The first-order valence-corrected chi connectivity index (χ1v) is 8.01. The van der Waals surface area contributed by atoms with Gasteiger partial charge in [0, 0.05) is 6.42 Å². The average molecular weight is 334 g/mol. The number of carbonyl (C=O) groups excluding carboxylic acids is 3. The van der Waals surface area contributed by atoms with Gasteiger partial charge in [0.25, 0.3) is 0 Å². The Morgan fingerprint density at radius 3 is 2.48 bits per heavy atom. The van der Waals surface area contributed by atoms with Crippen molar-refractivity contribution in [2.24, 2.45) is 11.5 Å². The molecule has 0 aliphatic heterocycles. The van der Waals surface area contributed by atoms with E-state index in [1.54, 1.807) is 11.3 Å². The number of primary amides is 2. The highest BCUT2D eigenvalue weighted by atomic mass is 32.1. The van der Waals surface area contributed by atoms with E-state index in [1.807, 2.05) is 24.3 Å². The number of rotatable bonds is 8. The maximum atomic E-state index is 11.7. The van der Waals surface area contributed by atoms with E-state index in [2.05, 4.69) is 10.3 Å². The molecule has 23 heavy (non-hydrogen) atoms. The second-order valence-corrected chi connectivity index (χ2v) is 6.20. The number of nitrogens with one attached hydrogen (secondary N) is 1. The van der Waals surface area contributed by atoms with Crippen molar-refractivity contribution < 1.29 is 14.4 Å². The van der Waals surface area contributed by atoms with E-state index in [-0.39, 0.29) is 6.42 Å². The molecule has 0 atom stereocenters. The Balaban J connectivity index is 1.75. The van der Waals surface area contributed by atoms with Gasteiger partial charge in [-0.3, -0.25) is 14.4 Å². The third-order valence-electron chi connectivity index (χ3n) is 3.26. The molecular formula is C15H18N4O3S. The number of nitrogens with two attached hydrogens (primary N) is 2. The van der Waals surface area contributed by atoms with Crippen LogP contribution in [-0.2, 0) is 20.8 Å². The Morgan fingerprint density at radius 2 is 1.83 bits per heavy atom. The highest BCUT2D eigenvalue weighted by molar-refractivity contribution is 7.18. The number of nitrogens with zero attached hydrogens (tertiary/aromatic N) is 1. The van der Waals surface area contributed by atoms with Gasteiger partial charge in [-0.05, 0) is 31.4 Å². The first kappa shape index (κ1) is 16.9. The maximum absolute atomic E-state index is 11.7. The third-order valence-corrected chi connectivity index (χ3v) is 4.35. The summed E-state index contributed by atoms with van der Waals surface area (Å²) in [5.74, 6) is -2.34. The van der Waals surface area contributed by atoms with Gasteiger partial charge in [-0.15, -0.1) is 11.3 Å². The first-order chi connectivity index (χ1) is 11.0. The van der Waals surface area contributed by atoms with Crippen LogP contribution in [0.2, 0.25) is 0 Å². The van der Waals surface area contributed by atoms with Gasteiger partial charge in [-0.2, -0.15) is 0 Å². The SMILES string of the molecule is NC(=O)C(NC(=O)CCCCc1nc2ccccc2s1)C(N)=O. The summed E-state index contributed by atoms with van der Waals surface area (Å²) < 4.78 is 1.14. The van der Waals surface area contributed by atoms with Gasteiger partial charge < -0.3 is 16.8 Å². The van der Waals surface area contributed by atoms with Crippen molar-refractivity contribution in [3.8, 4) is 0 Å². The molecule has 1 heterocycles. The van der Waals surface area contributed by atoms with Crippen molar-refractivity contribution in [2.75, 3.05) is 0 Å². The molecule has 7 nitrogen and oxygen atoms in total. The summed E-state index contributed by atoms with van der Waals surface area (Å²) in [6, 6.07) is 6.47. The molecule has 0 bridgehead atoms. The molecule has 2 rings (SSSR count). The summed E-state index contributed by atoms with van der Waals surface area (Å²) in [6.45, 7) is 0. The molecule has 5 N–H and O–H groups in total. The summed E-state index contributed by atoms with van der Waals surface area (Å²) in [5.41, 5.74) is 11.0. The molecule has 0 saturated heterocycles. The lowest BCUT2D eigenvalue weighted by atomic mass is 10.1. The summed E-state index contributed by atoms with van der Waals surface area (Å²) in [7, 11) is 0. The van der Waals surface area contributed by atoms with E-state index in [4.69, 9.17) is 11.5 Å². The number of benzene rings is 1. The van der Waals surface area contributed by atoms with Crippen molar-refractivity contribution >= 4 is 39.3 Å². The van der Waals surface area contributed by atoms with Crippen molar-refractivity contribution in [2.45, 2.75) is 31.7 Å². The van der Waals surface area contributed by atoms with Crippen molar-refractivity contribution in [1.82, 2.24) is 10.3 Å². The average Bonchev–Trinajstić information content (AvgIpc) is 2.91. The molecule has 0 spiro atoms. The molecule has 2 aromatic rings. The molecule has 0 fully saturated rings. The predicted molar refractivity (Wildman–Crippen MR) is 87.5 cm³/mol. The smallest absolute Gasteiger partial charge is 0.249 e. The minimum absolute atomic E-state index is 0.196. The lowest BCUT2D eigenvalue weighted by Crippen LogP contribution is -2.52. The number of hydrogen-bond donors (Lipinski definition) is 3. The van der Waals surface area contributed by atoms with Crippen LogP contribution >= 0.6 is 11.3 Å². The fourth-order valence-corrected chi connectivity index (χ4v) is 3.11. The Bertz CT molecular complexity index is 681. The zero-order valence-electron chi connectivity index (χ0n) is 12.5. The lowest BCUT2D eigenvalue weighted by Gasteiger charge is -2.11. The molecule has 1 aromatic heterocycles. The van der Waals surface area contributed by atoms with Gasteiger partial charge in [0.1, 0.15) is 0 Å². The first-order valence-electron chi connectivity index (χ1n) is 7.20. The van der Waals surface area contributed by atoms with Crippen LogP contribution in [0.4, 0.5) is 0 Å². The monoisotopic (exact) mass is 334 g/mol. The molecule has 0 aliphatic rings. The number of carbonyl (C=O) groups is 3. The Morgan fingerprint density at radius 1 is 1.13 bits per heavy atom. The van der Waals surface area contributed by atoms with Crippen LogP contribution in [0, 0.1) is 0 Å². The van der Waals surface area contributed by atoms with E-state index in [0.29, 0.717) is 6.42 Å². The van der Waals surface area contributed by atoms with Gasteiger partial charge in [0.2, 0.25) is 17.7 Å². The van der Waals surface area contributed by atoms with Crippen molar-refractivity contribution in [3.05, 3.63) is 29.3 Å². The molecule has 8 heteroatoms. The van der Waals surface area contributed by atoms with Gasteiger partial charge in [-0.25, -0.2) is 4.98 Å². The number of amides is 3. The van der Waals surface area contributed by atoms with Gasteiger partial charge in [0.15, 0.2) is 6.04 Å². The Kier molecular flexibility index (Phi) is 5.64. The van der Waals surface area contributed by atoms with Crippen LogP contribution in [0.25, 0.3) is 10.2 Å². The molecule has 0 radical (unpaired) electrons.